The van der Waals surface area contributed by atoms with Crippen molar-refractivity contribution in [2.24, 2.45) is 0 Å². The van der Waals surface area contributed by atoms with Crippen LogP contribution in [0.15, 0.2) is 59.0 Å². The molecule has 0 saturated carbocycles. The number of carbonyl (C=O) groups excluding carboxylic acids is 1. The van der Waals surface area contributed by atoms with Gasteiger partial charge in [0, 0.05) is 5.39 Å². The van der Waals surface area contributed by atoms with Crippen LogP contribution in [0.1, 0.15) is 27.6 Å². The van der Waals surface area contributed by atoms with Crippen molar-refractivity contribution in [2.45, 2.75) is 12.8 Å². The maximum Gasteiger partial charge on any atom is 0.219 e. The van der Waals surface area contributed by atoms with Crippen LogP contribution in [-0.2, 0) is 0 Å². The van der Waals surface area contributed by atoms with E-state index in [0.717, 1.165) is 10.9 Å². The Bertz CT molecular complexity index is 841. The summed E-state index contributed by atoms with van der Waals surface area (Å²) in [6.07, 6.45) is 0. The molecule has 3 rings (SSSR count). The van der Waals surface area contributed by atoms with Crippen molar-refractivity contribution in [3.05, 3.63) is 71.5 Å². The molecule has 0 fully saturated rings. The monoisotopic (exact) mass is 275 g/mol. The van der Waals surface area contributed by atoms with Crippen LogP contribution in [0.5, 0.6) is 0 Å². The number of ketones is 1. The topological polar surface area (TPSA) is 54.0 Å². The number of Topliss-reactive ketones (excluding diaryl/α,β-unsaturated/α-hetero) is 1. The van der Waals surface area contributed by atoms with E-state index in [-0.39, 0.29) is 11.5 Å². The van der Waals surface area contributed by atoms with E-state index in [1.807, 2.05) is 43.3 Å². The Morgan fingerprint density at radius 1 is 1.14 bits per heavy atom. The zero-order valence-electron chi connectivity index (χ0n) is 11.5. The van der Waals surface area contributed by atoms with E-state index >= 15 is 0 Å². The lowest BCUT2D eigenvalue weighted by molar-refractivity contribution is 0.0954. The van der Waals surface area contributed by atoms with E-state index in [4.69, 9.17) is 4.42 Å². The first kappa shape index (κ1) is 13.1. The molecule has 0 radical (unpaired) electrons. The third-order valence-corrected chi connectivity index (χ3v) is 3.44. The molecule has 102 valence electrons. The Morgan fingerprint density at radius 2 is 1.90 bits per heavy atom. The molecule has 3 nitrogen and oxygen atoms in total. The highest BCUT2D eigenvalue weighted by molar-refractivity contribution is 6.03. The van der Waals surface area contributed by atoms with Crippen LogP contribution < -0.4 is 0 Å². The average molecular weight is 275 g/mol. The first-order chi connectivity index (χ1) is 10.2. The molecule has 0 saturated heterocycles. The maximum atomic E-state index is 12.5. The zero-order chi connectivity index (χ0) is 14.8. The predicted octanol–water partition coefficient (Wildman–Crippen LogP) is 4.23. The molecule has 0 aliphatic rings. The normalized spacial score (nSPS) is 12.0. The molecule has 0 aliphatic carbocycles. The van der Waals surface area contributed by atoms with Crippen LogP contribution in [0.4, 0.5) is 0 Å². The van der Waals surface area contributed by atoms with E-state index in [1.54, 1.807) is 18.2 Å². The lowest BCUT2D eigenvalue weighted by atomic mass is 9.95. The van der Waals surface area contributed by atoms with Crippen LogP contribution in [-0.4, -0.2) is 5.78 Å². The fourth-order valence-corrected chi connectivity index (χ4v) is 2.36. The Kier molecular flexibility index (Phi) is 3.29. The van der Waals surface area contributed by atoms with Crippen LogP contribution >= 0.6 is 0 Å². The molecule has 0 spiro atoms. The Hall–Kier alpha value is -2.86. The minimum atomic E-state index is -0.840. The fourth-order valence-electron chi connectivity index (χ4n) is 2.36. The van der Waals surface area contributed by atoms with Gasteiger partial charge in [0.25, 0.3) is 0 Å². The molecule has 3 aromatic rings. The molecular weight excluding hydrogens is 262 g/mol. The summed E-state index contributed by atoms with van der Waals surface area (Å²) in [6, 6.07) is 18.5. The van der Waals surface area contributed by atoms with Gasteiger partial charge in [-0.3, -0.25) is 4.79 Å². The number of nitrogens with zero attached hydrogens (tertiary/aromatic N) is 1. The van der Waals surface area contributed by atoms with E-state index in [1.165, 1.54) is 0 Å². The summed E-state index contributed by atoms with van der Waals surface area (Å²) in [7, 11) is 0. The van der Waals surface area contributed by atoms with Crippen LogP contribution in [0.3, 0.4) is 0 Å². The highest BCUT2D eigenvalue weighted by Crippen LogP contribution is 2.26. The number of hydrogen-bond acceptors (Lipinski definition) is 3. The van der Waals surface area contributed by atoms with Crippen molar-refractivity contribution in [2.75, 3.05) is 0 Å². The van der Waals surface area contributed by atoms with Gasteiger partial charge >= 0.3 is 0 Å². The summed E-state index contributed by atoms with van der Waals surface area (Å²) in [6.45, 7) is 1.98. The zero-order valence-corrected chi connectivity index (χ0v) is 11.5. The summed E-state index contributed by atoms with van der Waals surface area (Å²) in [5, 5.41) is 10.2. The number of benzene rings is 2. The Morgan fingerprint density at radius 3 is 2.62 bits per heavy atom. The minimum Gasteiger partial charge on any atom is -0.453 e. The number of carbonyl (C=O) groups is 1. The maximum absolute atomic E-state index is 12.5. The number of fused-ring (bicyclic) bond motifs is 1. The molecule has 0 aliphatic heterocycles. The molecule has 0 bridgehead atoms. The van der Waals surface area contributed by atoms with Crippen LogP contribution in [0, 0.1) is 18.3 Å². The minimum absolute atomic E-state index is 0.228. The van der Waals surface area contributed by atoms with Gasteiger partial charge in [0.05, 0.1) is 6.07 Å². The molecule has 1 heterocycles. The molecule has 1 atom stereocenters. The molecule has 1 aromatic heterocycles. The second-order valence-corrected chi connectivity index (χ2v) is 4.99. The van der Waals surface area contributed by atoms with Crippen molar-refractivity contribution in [3.63, 3.8) is 0 Å². The standard InChI is InChI=1S/C18H13NO2/c1-12-7-8-16-14(9-12)10-17(21-16)18(20)15(11-19)13-5-3-2-4-6-13/h2-10,15H,1H3. The molecule has 3 heteroatoms. The second kappa shape index (κ2) is 5.26. The molecular formula is C18H13NO2. The summed E-state index contributed by atoms with van der Waals surface area (Å²) in [5.41, 5.74) is 2.44. The average Bonchev–Trinajstić information content (AvgIpc) is 2.92. The van der Waals surface area contributed by atoms with Crippen molar-refractivity contribution < 1.29 is 9.21 Å². The first-order valence-corrected chi connectivity index (χ1v) is 6.68. The van der Waals surface area contributed by atoms with Gasteiger partial charge in [0.15, 0.2) is 5.76 Å². The van der Waals surface area contributed by atoms with Gasteiger partial charge < -0.3 is 4.42 Å². The van der Waals surface area contributed by atoms with Crippen molar-refractivity contribution in [3.8, 4) is 6.07 Å². The van der Waals surface area contributed by atoms with E-state index in [2.05, 4.69) is 6.07 Å². The SMILES string of the molecule is Cc1ccc2oc(C(=O)C(C#N)c3ccccc3)cc2c1. The number of rotatable bonds is 3. The summed E-state index contributed by atoms with van der Waals surface area (Å²) in [5.74, 6) is -0.920. The predicted molar refractivity (Wildman–Crippen MR) is 80.1 cm³/mol. The third-order valence-electron chi connectivity index (χ3n) is 3.44. The van der Waals surface area contributed by atoms with E-state index in [9.17, 15) is 10.1 Å². The van der Waals surface area contributed by atoms with E-state index < -0.39 is 5.92 Å². The number of hydrogen-bond donors (Lipinski definition) is 0. The highest BCUT2D eigenvalue weighted by Gasteiger charge is 2.24. The van der Waals surface area contributed by atoms with Gasteiger partial charge in [-0.15, -0.1) is 0 Å². The lowest BCUT2D eigenvalue weighted by Gasteiger charge is -2.05. The van der Waals surface area contributed by atoms with Gasteiger partial charge in [0.2, 0.25) is 5.78 Å². The van der Waals surface area contributed by atoms with Crippen molar-refractivity contribution in [1.29, 1.82) is 5.26 Å². The number of furan rings is 1. The van der Waals surface area contributed by atoms with Crippen molar-refractivity contribution in [1.82, 2.24) is 0 Å². The van der Waals surface area contributed by atoms with Crippen molar-refractivity contribution >= 4 is 16.8 Å². The van der Waals surface area contributed by atoms with Gasteiger partial charge in [0.1, 0.15) is 11.5 Å². The van der Waals surface area contributed by atoms with Crippen LogP contribution in [0.25, 0.3) is 11.0 Å². The van der Waals surface area contributed by atoms with E-state index in [0.29, 0.717) is 11.1 Å². The molecule has 0 amide bonds. The first-order valence-electron chi connectivity index (χ1n) is 6.68. The quantitative estimate of drug-likeness (QED) is 0.672. The van der Waals surface area contributed by atoms with Crippen LogP contribution in [0.2, 0.25) is 0 Å². The highest BCUT2D eigenvalue weighted by atomic mass is 16.3. The molecule has 0 N–H and O–H groups in total. The lowest BCUT2D eigenvalue weighted by Crippen LogP contribution is -2.10. The molecule has 2 aromatic carbocycles. The number of nitriles is 1. The third kappa shape index (κ3) is 2.44. The van der Waals surface area contributed by atoms with Gasteiger partial charge in [-0.2, -0.15) is 5.26 Å². The second-order valence-electron chi connectivity index (χ2n) is 4.99. The summed E-state index contributed by atoms with van der Waals surface area (Å²) in [4.78, 5) is 12.5. The van der Waals surface area contributed by atoms with Gasteiger partial charge in [-0.25, -0.2) is 0 Å². The largest absolute Gasteiger partial charge is 0.453 e. The summed E-state index contributed by atoms with van der Waals surface area (Å²) >= 11 is 0. The van der Waals surface area contributed by atoms with Gasteiger partial charge in [-0.05, 0) is 30.7 Å². The Balaban J connectivity index is 2.01. The molecule has 1 unspecified atom stereocenters. The fraction of sp³-hybridized carbons (Fsp3) is 0.111. The summed E-state index contributed by atoms with van der Waals surface area (Å²) < 4.78 is 5.59. The Labute approximate surface area is 122 Å². The molecule has 21 heavy (non-hydrogen) atoms. The smallest absolute Gasteiger partial charge is 0.219 e. The van der Waals surface area contributed by atoms with Gasteiger partial charge in [-0.1, -0.05) is 42.0 Å². The number of aryl methyl sites for hydroxylation is 1.